The summed E-state index contributed by atoms with van der Waals surface area (Å²) >= 11 is 3.44. The van der Waals surface area contributed by atoms with Crippen molar-refractivity contribution >= 4 is 26.0 Å². The summed E-state index contributed by atoms with van der Waals surface area (Å²) in [6.07, 6.45) is 2.95. The third-order valence-corrected chi connectivity index (χ3v) is 3.94. The van der Waals surface area contributed by atoms with Crippen molar-refractivity contribution < 1.29 is 8.42 Å². The Kier molecular flexibility index (Phi) is 2.88. The Hall–Kier alpha value is -0.390. The van der Waals surface area contributed by atoms with E-state index in [0.717, 1.165) is 28.4 Å². The fourth-order valence-electron chi connectivity index (χ4n) is 1.94. The third-order valence-electron chi connectivity index (χ3n) is 2.73. The first-order valence-corrected chi connectivity index (χ1v) is 7.76. The lowest BCUT2D eigenvalue weighted by Gasteiger charge is -2.17. The van der Waals surface area contributed by atoms with Crippen LogP contribution in [0.5, 0.6) is 0 Å². The van der Waals surface area contributed by atoms with E-state index in [1.807, 2.05) is 25.1 Å². The number of halogens is 1. The van der Waals surface area contributed by atoms with Crippen molar-refractivity contribution in [3.8, 4) is 0 Å². The monoisotopic (exact) mass is 303 g/mol. The molecule has 0 heterocycles. The van der Waals surface area contributed by atoms with Crippen LogP contribution in [-0.4, -0.2) is 14.7 Å². The molecule has 88 valence electrons. The second-order valence-corrected chi connectivity index (χ2v) is 7.14. The first-order chi connectivity index (χ1) is 7.31. The van der Waals surface area contributed by atoms with E-state index >= 15 is 0 Å². The van der Waals surface area contributed by atoms with E-state index in [1.165, 1.54) is 6.26 Å². The number of hydrogen-bond donors (Lipinski definition) is 1. The van der Waals surface area contributed by atoms with E-state index in [9.17, 15) is 8.42 Å². The van der Waals surface area contributed by atoms with Crippen LogP contribution in [0.25, 0.3) is 0 Å². The van der Waals surface area contributed by atoms with Crippen molar-refractivity contribution in [2.45, 2.75) is 25.3 Å². The molecule has 0 radical (unpaired) electrons. The fraction of sp³-hybridized carbons (Fsp3) is 0.455. The lowest BCUT2D eigenvalue weighted by Crippen LogP contribution is -2.33. The molecule has 0 aromatic heterocycles. The van der Waals surface area contributed by atoms with E-state index in [2.05, 4.69) is 20.7 Å². The van der Waals surface area contributed by atoms with Crippen LogP contribution in [0.3, 0.4) is 0 Å². The van der Waals surface area contributed by atoms with E-state index in [0.29, 0.717) is 0 Å². The SMILES string of the molecule is Cc1cc(Br)cc(C2(NS(C)(=O)=O)CC2)c1. The molecule has 3 nitrogen and oxygen atoms in total. The molecular weight excluding hydrogens is 290 g/mol. The van der Waals surface area contributed by atoms with Gasteiger partial charge in [-0.15, -0.1) is 0 Å². The summed E-state index contributed by atoms with van der Waals surface area (Å²) in [6.45, 7) is 2.00. The van der Waals surface area contributed by atoms with Gasteiger partial charge in [0.1, 0.15) is 0 Å². The van der Waals surface area contributed by atoms with Crippen LogP contribution in [0.4, 0.5) is 0 Å². The molecule has 0 atom stereocenters. The summed E-state index contributed by atoms with van der Waals surface area (Å²) in [5, 5.41) is 0. The van der Waals surface area contributed by atoms with E-state index in [1.54, 1.807) is 0 Å². The zero-order valence-electron chi connectivity index (χ0n) is 9.25. The van der Waals surface area contributed by atoms with Crippen LogP contribution in [0, 0.1) is 6.92 Å². The van der Waals surface area contributed by atoms with Crippen molar-refractivity contribution in [2.24, 2.45) is 0 Å². The Balaban J connectivity index is 2.37. The summed E-state index contributed by atoms with van der Waals surface area (Å²) in [7, 11) is -3.16. The highest BCUT2D eigenvalue weighted by Crippen LogP contribution is 2.46. The molecule has 0 saturated heterocycles. The van der Waals surface area contributed by atoms with Crippen molar-refractivity contribution in [1.82, 2.24) is 4.72 Å². The fourth-order valence-corrected chi connectivity index (χ4v) is 3.58. The van der Waals surface area contributed by atoms with Gasteiger partial charge in [0, 0.05) is 4.47 Å². The van der Waals surface area contributed by atoms with Crippen molar-refractivity contribution in [3.05, 3.63) is 33.8 Å². The summed E-state index contributed by atoms with van der Waals surface area (Å²) in [5.41, 5.74) is 1.82. The Morgan fingerprint density at radius 2 is 1.94 bits per heavy atom. The van der Waals surface area contributed by atoms with Gasteiger partial charge in [-0.2, -0.15) is 0 Å². The Morgan fingerprint density at radius 3 is 2.38 bits per heavy atom. The molecule has 1 saturated carbocycles. The molecule has 0 spiro atoms. The van der Waals surface area contributed by atoms with Gasteiger partial charge in [-0.05, 0) is 43.0 Å². The molecule has 0 unspecified atom stereocenters. The zero-order valence-corrected chi connectivity index (χ0v) is 11.7. The molecule has 1 aromatic carbocycles. The molecule has 5 heteroatoms. The van der Waals surface area contributed by atoms with Crippen LogP contribution < -0.4 is 4.72 Å². The molecule has 2 rings (SSSR count). The maximum absolute atomic E-state index is 11.3. The van der Waals surface area contributed by atoms with Gasteiger partial charge in [0.2, 0.25) is 10.0 Å². The molecule has 0 aliphatic heterocycles. The van der Waals surface area contributed by atoms with Gasteiger partial charge in [-0.3, -0.25) is 0 Å². The van der Waals surface area contributed by atoms with Crippen LogP contribution in [-0.2, 0) is 15.6 Å². The second-order valence-electron chi connectivity index (χ2n) is 4.47. The molecule has 1 aliphatic rings. The Bertz CT molecular complexity index is 501. The van der Waals surface area contributed by atoms with E-state index in [4.69, 9.17) is 0 Å². The highest BCUT2D eigenvalue weighted by Gasteiger charge is 2.46. The van der Waals surface area contributed by atoms with Gasteiger partial charge in [-0.1, -0.05) is 22.0 Å². The first-order valence-electron chi connectivity index (χ1n) is 5.07. The van der Waals surface area contributed by atoms with E-state index in [-0.39, 0.29) is 5.54 Å². The quantitative estimate of drug-likeness (QED) is 0.931. The number of aryl methyl sites for hydroxylation is 1. The minimum atomic E-state index is -3.16. The lowest BCUT2D eigenvalue weighted by atomic mass is 10.0. The topological polar surface area (TPSA) is 46.2 Å². The van der Waals surface area contributed by atoms with Gasteiger partial charge in [0.25, 0.3) is 0 Å². The van der Waals surface area contributed by atoms with Crippen molar-refractivity contribution in [3.63, 3.8) is 0 Å². The van der Waals surface area contributed by atoms with Crippen LogP contribution in [0.15, 0.2) is 22.7 Å². The number of nitrogens with one attached hydrogen (secondary N) is 1. The minimum Gasteiger partial charge on any atom is -0.213 e. The Labute approximate surface area is 104 Å². The smallest absolute Gasteiger partial charge is 0.209 e. The van der Waals surface area contributed by atoms with Crippen molar-refractivity contribution in [1.29, 1.82) is 0 Å². The highest BCUT2D eigenvalue weighted by molar-refractivity contribution is 9.10. The number of benzene rings is 1. The lowest BCUT2D eigenvalue weighted by molar-refractivity contribution is 0.557. The van der Waals surface area contributed by atoms with Crippen LogP contribution in [0.2, 0.25) is 0 Å². The van der Waals surface area contributed by atoms with Gasteiger partial charge in [0.15, 0.2) is 0 Å². The van der Waals surface area contributed by atoms with E-state index < -0.39 is 10.0 Å². The van der Waals surface area contributed by atoms with Gasteiger partial charge in [0.05, 0.1) is 11.8 Å². The largest absolute Gasteiger partial charge is 0.213 e. The number of sulfonamides is 1. The molecule has 1 N–H and O–H groups in total. The second kappa shape index (κ2) is 3.82. The summed E-state index contributed by atoms with van der Waals surface area (Å²) < 4.78 is 26.3. The molecule has 1 aliphatic carbocycles. The van der Waals surface area contributed by atoms with Gasteiger partial charge >= 0.3 is 0 Å². The first kappa shape index (κ1) is 12.1. The summed E-state index contributed by atoms with van der Waals surface area (Å²) in [4.78, 5) is 0. The summed E-state index contributed by atoms with van der Waals surface area (Å²) in [6, 6.07) is 6.04. The molecule has 1 fully saturated rings. The molecular formula is C11H14BrNO2S. The predicted octanol–water partition coefficient (Wildman–Crippen LogP) is 2.30. The number of rotatable bonds is 3. The maximum atomic E-state index is 11.3. The average molecular weight is 304 g/mol. The van der Waals surface area contributed by atoms with Crippen LogP contribution in [0.1, 0.15) is 24.0 Å². The normalized spacial score (nSPS) is 18.4. The van der Waals surface area contributed by atoms with Crippen LogP contribution >= 0.6 is 15.9 Å². The van der Waals surface area contributed by atoms with Gasteiger partial charge < -0.3 is 0 Å². The molecule has 1 aromatic rings. The molecule has 0 amide bonds. The zero-order chi connectivity index (χ0) is 12.0. The molecule has 0 bridgehead atoms. The maximum Gasteiger partial charge on any atom is 0.209 e. The highest BCUT2D eigenvalue weighted by atomic mass is 79.9. The minimum absolute atomic E-state index is 0.359. The summed E-state index contributed by atoms with van der Waals surface area (Å²) in [5.74, 6) is 0. The number of hydrogen-bond acceptors (Lipinski definition) is 2. The third kappa shape index (κ3) is 2.64. The molecule has 16 heavy (non-hydrogen) atoms. The van der Waals surface area contributed by atoms with Gasteiger partial charge in [-0.25, -0.2) is 13.1 Å². The average Bonchev–Trinajstić information content (AvgIpc) is 2.80. The standard InChI is InChI=1S/C11H14BrNO2S/c1-8-5-9(7-10(12)6-8)11(3-4-11)13-16(2,14)15/h5-7,13H,3-4H2,1-2H3. The van der Waals surface area contributed by atoms with Crippen molar-refractivity contribution in [2.75, 3.05) is 6.26 Å². The predicted molar refractivity (Wildman–Crippen MR) is 67.8 cm³/mol. The Morgan fingerprint density at radius 1 is 1.31 bits per heavy atom.